The van der Waals surface area contributed by atoms with Crippen molar-refractivity contribution < 1.29 is 4.79 Å². The molecule has 2 rings (SSSR count). The molecule has 1 aliphatic rings. The third-order valence-corrected chi connectivity index (χ3v) is 4.66. The molecule has 2 unspecified atom stereocenters. The Morgan fingerprint density at radius 1 is 1.37 bits per heavy atom. The SMILES string of the molecule is CCCC1NC(c2ccsc2)N(C(CC)CC)C1=O. The smallest absolute Gasteiger partial charge is 0.241 e. The van der Waals surface area contributed by atoms with E-state index in [9.17, 15) is 4.79 Å². The lowest BCUT2D eigenvalue weighted by Gasteiger charge is -2.31. The lowest BCUT2D eigenvalue weighted by Crippen LogP contribution is -2.39. The maximum absolute atomic E-state index is 12.6. The van der Waals surface area contributed by atoms with Gasteiger partial charge in [0.25, 0.3) is 0 Å². The van der Waals surface area contributed by atoms with Gasteiger partial charge >= 0.3 is 0 Å². The van der Waals surface area contributed by atoms with Gasteiger partial charge in [-0.2, -0.15) is 11.3 Å². The van der Waals surface area contributed by atoms with Gasteiger partial charge in [0.1, 0.15) is 6.17 Å². The predicted molar refractivity (Wildman–Crippen MR) is 80.1 cm³/mol. The first kappa shape index (κ1) is 14.5. The van der Waals surface area contributed by atoms with Crippen LogP contribution in [0.4, 0.5) is 0 Å². The third-order valence-electron chi connectivity index (χ3n) is 3.96. The molecule has 1 aliphatic heterocycles. The Morgan fingerprint density at radius 2 is 2.11 bits per heavy atom. The van der Waals surface area contributed by atoms with E-state index < -0.39 is 0 Å². The van der Waals surface area contributed by atoms with Gasteiger partial charge in [-0.25, -0.2) is 0 Å². The van der Waals surface area contributed by atoms with Crippen molar-refractivity contribution in [2.75, 3.05) is 0 Å². The van der Waals surface area contributed by atoms with E-state index in [1.54, 1.807) is 11.3 Å². The van der Waals surface area contributed by atoms with Gasteiger partial charge in [0.05, 0.1) is 6.04 Å². The standard InChI is InChI=1S/C15H24N2OS/c1-4-7-13-15(18)17(12(5-2)6-3)14(16-13)11-8-9-19-10-11/h8-10,12-14,16H,4-7H2,1-3H3. The minimum absolute atomic E-state index is 0.00417. The van der Waals surface area contributed by atoms with Crippen LogP contribution in [0.5, 0.6) is 0 Å². The van der Waals surface area contributed by atoms with Crippen LogP contribution in [0.3, 0.4) is 0 Å². The fourth-order valence-corrected chi connectivity index (χ4v) is 3.58. The van der Waals surface area contributed by atoms with E-state index in [4.69, 9.17) is 0 Å². The Balaban J connectivity index is 2.26. The molecule has 0 spiro atoms. The van der Waals surface area contributed by atoms with Crippen LogP contribution in [-0.2, 0) is 4.79 Å². The van der Waals surface area contributed by atoms with Crippen LogP contribution in [0.2, 0.25) is 0 Å². The minimum Gasteiger partial charge on any atom is -0.319 e. The number of rotatable bonds is 6. The molecule has 0 bridgehead atoms. The molecule has 3 nitrogen and oxygen atoms in total. The number of carbonyl (C=O) groups excluding carboxylic acids is 1. The first-order chi connectivity index (χ1) is 9.22. The van der Waals surface area contributed by atoms with Crippen LogP contribution in [0.15, 0.2) is 16.8 Å². The molecule has 0 aromatic carbocycles. The van der Waals surface area contributed by atoms with Crippen LogP contribution in [0, 0.1) is 0 Å². The molecule has 1 fully saturated rings. The van der Waals surface area contributed by atoms with Crippen molar-refractivity contribution in [3.63, 3.8) is 0 Å². The average molecular weight is 280 g/mol. The van der Waals surface area contributed by atoms with Gasteiger partial charge in [0.2, 0.25) is 5.91 Å². The number of carbonyl (C=O) groups is 1. The molecule has 2 atom stereocenters. The van der Waals surface area contributed by atoms with Gasteiger partial charge in [0, 0.05) is 6.04 Å². The summed E-state index contributed by atoms with van der Waals surface area (Å²) in [6, 6.07) is 2.46. The van der Waals surface area contributed by atoms with Gasteiger partial charge in [-0.15, -0.1) is 0 Å². The molecule has 1 saturated heterocycles. The van der Waals surface area contributed by atoms with Gasteiger partial charge < -0.3 is 4.90 Å². The summed E-state index contributed by atoms with van der Waals surface area (Å²) in [6.07, 6.45) is 4.07. The molecular formula is C15H24N2OS. The van der Waals surface area contributed by atoms with Gasteiger partial charge in [-0.05, 0) is 41.7 Å². The number of hydrogen-bond donors (Lipinski definition) is 1. The Morgan fingerprint density at radius 3 is 2.63 bits per heavy atom. The molecule has 1 amide bonds. The van der Waals surface area contributed by atoms with E-state index in [0.29, 0.717) is 6.04 Å². The summed E-state index contributed by atoms with van der Waals surface area (Å²) in [5.41, 5.74) is 1.23. The third kappa shape index (κ3) is 2.84. The van der Waals surface area contributed by atoms with E-state index in [2.05, 4.69) is 47.8 Å². The molecule has 1 aromatic heterocycles. The highest BCUT2D eigenvalue weighted by Crippen LogP contribution is 2.31. The van der Waals surface area contributed by atoms with E-state index >= 15 is 0 Å². The summed E-state index contributed by atoms with van der Waals surface area (Å²) in [5, 5.41) is 7.76. The first-order valence-electron chi connectivity index (χ1n) is 7.33. The highest BCUT2D eigenvalue weighted by atomic mass is 32.1. The molecule has 0 radical (unpaired) electrons. The van der Waals surface area contributed by atoms with Gasteiger partial charge in [0.15, 0.2) is 0 Å². The summed E-state index contributed by atoms with van der Waals surface area (Å²) < 4.78 is 0. The molecule has 1 aromatic rings. The van der Waals surface area contributed by atoms with E-state index in [0.717, 1.165) is 25.7 Å². The molecule has 0 saturated carbocycles. The fraction of sp³-hybridized carbons (Fsp3) is 0.667. The van der Waals surface area contributed by atoms with Crippen LogP contribution < -0.4 is 5.32 Å². The van der Waals surface area contributed by atoms with Crippen molar-refractivity contribution in [3.8, 4) is 0 Å². The number of amides is 1. The summed E-state index contributed by atoms with van der Waals surface area (Å²) >= 11 is 1.69. The molecule has 1 N–H and O–H groups in total. The highest BCUT2D eigenvalue weighted by molar-refractivity contribution is 7.07. The Labute approximate surface area is 120 Å². The number of thiophene rings is 1. The summed E-state index contributed by atoms with van der Waals surface area (Å²) in [7, 11) is 0. The van der Waals surface area contributed by atoms with E-state index in [-0.39, 0.29) is 18.1 Å². The zero-order valence-corrected chi connectivity index (χ0v) is 12.9. The second-order valence-corrected chi connectivity index (χ2v) is 5.96. The second kappa shape index (κ2) is 6.53. The summed E-state index contributed by atoms with van der Waals surface area (Å²) in [5.74, 6) is 0.284. The fourth-order valence-electron chi connectivity index (χ4n) is 2.91. The Hall–Kier alpha value is -0.870. The van der Waals surface area contributed by atoms with Crippen molar-refractivity contribution in [1.29, 1.82) is 0 Å². The predicted octanol–water partition coefficient (Wildman–Crippen LogP) is 3.54. The van der Waals surface area contributed by atoms with Crippen molar-refractivity contribution >= 4 is 17.2 Å². The summed E-state index contributed by atoms with van der Waals surface area (Å²) in [4.78, 5) is 14.7. The van der Waals surface area contributed by atoms with Crippen molar-refractivity contribution in [2.45, 2.75) is 64.7 Å². The topological polar surface area (TPSA) is 32.3 Å². The minimum atomic E-state index is -0.00417. The lowest BCUT2D eigenvalue weighted by molar-refractivity contribution is -0.132. The Bertz CT molecular complexity index is 400. The van der Waals surface area contributed by atoms with Gasteiger partial charge in [-0.1, -0.05) is 27.2 Å². The van der Waals surface area contributed by atoms with Crippen LogP contribution in [-0.4, -0.2) is 22.9 Å². The molecular weight excluding hydrogens is 256 g/mol. The number of nitrogens with zero attached hydrogens (tertiary/aromatic N) is 1. The molecule has 2 heterocycles. The summed E-state index contributed by atoms with van der Waals surface area (Å²) in [6.45, 7) is 6.47. The van der Waals surface area contributed by atoms with Crippen molar-refractivity contribution in [2.24, 2.45) is 0 Å². The van der Waals surface area contributed by atoms with Crippen molar-refractivity contribution in [1.82, 2.24) is 10.2 Å². The number of nitrogens with one attached hydrogen (secondary N) is 1. The highest BCUT2D eigenvalue weighted by Gasteiger charge is 2.41. The largest absolute Gasteiger partial charge is 0.319 e. The van der Waals surface area contributed by atoms with Crippen LogP contribution >= 0.6 is 11.3 Å². The molecule has 0 aliphatic carbocycles. The van der Waals surface area contributed by atoms with Crippen LogP contribution in [0.1, 0.15) is 58.2 Å². The van der Waals surface area contributed by atoms with Gasteiger partial charge in [-0.3, -0.25) is 10.1 Å². The normalized spacial score (nSPS) is 23.6. The zero-order valence-electron chi connectivity index (χ0n) is 12.1. The number of hydrogen-bond acceptors (Lipinski definition) is 3. The van der Waals surface area contributed by atoms with E-state index in [1.807, 2.05) is 0 Å². The quantitative estimate of drug-likeness (QED) is 0.864. The molecule has 19 heavy (non-hydrogen) atoms. The molecule has 4 heteroatoms. The lowest BCUT2D eigenvalue weighted by atomic mass is 10.1. The van der Waals surface area contributed by atoms with Crippen LogP contribution in [0.25, 0.3) is 0 Å². The zero-order chi connectivity index (χ0) is 13.8. The molecule has 106 valence electrons. The average Bonchev–Trinajstić information content (AvgIpc) is 3.03. The monoisotopic (exact) mass is 280 g/mol. The van der Waals surface area contributed by atoms with E-state index in [1.165, 1.54) is 5.56 Å². The second-order valence-electron chi connectivity index (χ2n) is 5.18. The Kier molecular flexibility index (Phi) is 4.99. The maximum Gasteiger partial charge on any atom is 0.241 e. The maximum atomic E-state index is 12.6. The van der Waals surface area contributed by atoms with Crippen molar-refractivity contribution in [3.05, 3.63) is 22.4 Å². The first-order valence-corrected chi connectivity index (χ1v) is 8.27.